The molecule has 126 valence electrons. The molecule has 2 rings (SSSR count). The summed E-state index contributed by atoms with van der Waals surface area (Å²) in [6.45, 7) is 0. The third kappa shape index (κ3) is 4.91. The van der Waals surface area contributed by atoms with E-state index >= 15 is 0 Å². The standard InChI is InChI=1S/C14H10BrClF3NO2.ClH/c15-11-10(16)6-5-9(13(11)21)12(20)7-1-3-8(4-2-7)22-14(17,18)19;/h1-6,12,21H,20H2;1H/t12-;/m1./s1. The van der Waals surface area contributed by atoms with Crippen LogP contribution in [0.2, 0.25) is 5.02 Å². The zero-order valence-corrected chi connectivity index (χ0v) is 14.4. The Kier molecular flexibility index (Phi) is 6.59. The highest BCUT2D eigenvalue weighted by Crippen LogP contribution is 2.38. The van der Waals surface area contributed by atoms with Crippen molar-refractivity contribution in [1.82, 2.24) is 0 Å². The Labute approximate surface area is 149 Å². The summed E-state index contributed by atoms with van der Waals surface area (Å²) in [6.07, 6.45) is -4.75. The van der Waals surface area contributed by atoms with Crippen molar-refractivity contribution in [3.63, 3.8) is 0 Å². The number of alkyl halides is 3. The van der Waals surface area contributed by atoms with Crippen LogP contribution < -0.4 is 10.5 Å². The van der Waals surface area contributed by atoms with Gasteiger partial charge in [0, 0.05) is 5.56 Å². The Balaban J connectivity index is 0.00000264. The Morgan fingerprint density at radius 3 is 2.22 bits per heavy atom. The highest BCUT2D eigenvalue weighted by Gasteiger charge is 2.31. The number of hydrogen-bond donors (Lipinski definition) is 2. The van der Waals surface area contributed by atoms with Crippen LogP contribution in [0.25, 0.3) is 0 Å². The van der Waals surface area contributed by atoms with Crippen LogP contribution in [0.15, 0.2) is 40.9 Å². The van der Waals surface area contributed by atoms with E-state index in [9.17, 15) is 18.3 Å². The molecule has 0 unspecified atom stereocenters. The van der Waals surface area contributed by atoms with E-state index in [4.69, 9.17) is 17.3 Å². The van der Waals surface area contributed by atoms with Gasteiger partial charge in [-0.25, -0.2) is 0 Å². The molecule has 0 saturated carbocycles. The minimum absolute atomic E-state index is 0. The topological polar surface area (TPSA) is 55.5 Å². The number of halogens is 6. The zero-order chi connectivity index (χ0) is 16.5. The average molecular weight is 433 g/mol. The van der Waals surface area contributed by atoms with E-state index in [0.717, 1.165) is 12.1 Å². The van der Waals surface area contributed by atoms with Crippen molar-refractivity contribution in [2.24, 2.45) is 5.73 Å². The number of phenolic OH excluding ortho intramolecular Hbond substituents is 1. The first-order chi connectivity index (χ1) is 10.2. The van der Waals surface area contributed by atoms with Gasteiger partial charge in [0.05, 0.1) is 15.5 Å². The lowest BCUT2D eigenvalue weighted by atomic mass is 9.99. The molecule has 0 fully saturated rings. The van der Waals surface area contributed by atoms with Crippen LogP contribution in [0.5, 0.6) is 11.5 Å². The lowest BCUT2D eigenvalue weighted by Gasteiger charge is -2.16. The molecule has 23 heavy (non-hydrogen) atoms. The maximum absolute atomic E-state index is 12.1. The zero-order valence-electron chi connectivity index (χ0n) is 11.3. The number of nitrogens with two attached hydrogens (primary N) is 1. The molecule has 0 heterocycles. The number of phenols is 1. The molecule has 0 spiro atoms. The van der Waals surface area contributed by atoms with Gasteiger partial charge in [0.1, 0.15) is 11.5 Å². The molecular formula is C14H11BrCl2F3NO2. The molecule has 2 aromatic rings. The molecule has 0 aliphatic carbocycles. The molecule has 0 bridgehead atoms. The summed E-state index contributed by atoms with van der Waals surface area (Å²) in [4.78, 5) is 0. The second-order valence-corrected chi connectivity index (χ2v) is 5.59. The number of benzene rings is 2. The largest absolute Gasteiger partial charge is 0.573 e. The third-order valence-electron chi connectivity index (χ3n) is 2.91. The second-order valence-electron chi connectivity index (χ2n) is 4.39. The Hall–Kier alpha value is -1.15. The molecule has 0 radical (unpaired) electrons. The van der Waals surface area contributed by atoms with Crippen molar-refractivity contribution < 1.29 is 23.0 Å². The molecule has 3 N–H and O–H groups in total. The monoisotopic (exact) mass is 431 g/mol. The Morgan fingerprint density at radius 1 is 1.13 bits per heavy atom. The first kappa shape index (κ1) is 19.9. The summed E-state index contributed by atoms with van der Waals surface area (Å²) in [7, 11) is 0. The third-order valence-corrected chi connectivity index (χ3v) is 4.25. The fourth-order valence-corrected chi connectivity index (χ4v) is 2.38. The lowest BCUT2D eigenvalue weighted by Crippen LogP contribution is -2.17. The van der Waals surface area contributed by atoms with Gasteiger partial charge >= 0.3 is 6.36 Å². The predicted octanol–water partition coefficient (Wildman–Crippen LogP) is 5.18. The smallest absolute Gasteiger partial charge is 0.506 e. The van der Waals surface area contributed by atoms with Gasteiger partial charge in [-0.15, -0.1) is 25.6 Å². The van der Waals surface area contributed by atoms with Crippen LogP contribution in [0.1, 0.15) is 17.2 Å². The fraction of sp³-hybridized carbons (Fsp3) is 0.143. The van der Waals surface area contributed by atoms with E-state index in [2.05, 4.69) is 20.7 Å². The second kappa shape index (κ2) is 7.61. The Morgan fingerprint density at radius 2 is 1.70 bits per heavy atom. The summed E-state index contributed by atoms with van der Waals surface area (Å²) in [5.41, 5.74) is 6.93. The van der Waals surface area contributed by atoms with Crippen molar-refractivity contribution in [2.75, 3.05) is 0 Å². The summed E-state index contributed by atoms with van der Waals surface area (Å²) in [5.74, 6) is -0.458. The molecule has 0 saturated heterocycles. The fourth-order valence-electron chi connectivity index (χ4n) is 1.86. The van der Waals surface area contributed by atoms with Gasteiger partial charge in [0.2, 0.25) is 0 Å². The van der Waals surface area contributed by atoms with Gasteiger partial charge in [0.25, 0.3) is 0 Å². The maximum atomic E-state index is 12.1. The van der Waals surface area contributed by atoms with Crippen LogP contribution in [-0.2, 0) is 0 Å². The van der Waals surface area contributed by atoms with Gasteiger partial charge in [-0.05, 0) is 39.7 Å². The predicted molar refractivity (Wildman–Crippen MR) is 87.2 cm³/mol. The highest BCUT2D eigenvalue weighted by atomic mass is 79.9. The minimum Gasteiger partial charge on any atom is -0.506 e. The van der Waals surface area contributed by atoms with Crippen LogP contribution in [0.4, 0.5) is 13.2 Å². The van der Waals surface area contributed by atoms with Crippen LogP contribution in [0, 0.1) is 0 Å². The van der Waals surface area contributed by atoms with Gasteiger partial charge in [-0.3, -0.25) is 0 Å². The van der Waals surface area contributed by atoms with Crippen LogP contribution in [0.3, 0.4) is 0 Å². The molecule has 1 atom stereocenters. The van der Waals surface area contributed by atoms with Crippen molar-refractivity contribution >= 4 is 39.9 Å². The first-order valence-electron chi connectivity index (χ1n) is 5.97. The minimum atomic E-state index is -4.75. The number of ether oxygens (including phenoxy) is 1. The summed E-state index contributed by atoms with van der Waals surface area (Å²) in [5, 5.41) is 10.4. The molecule has 0 aliphatic heterocycles. The van der Waals surface area contributed by atoms with Crippen LogP contribution in [-0.4, -0.2) is 11.5 Å². The quantitative estimate of drug-likeness (QED) is 0.702. The van der Waals surface area contributed by atoms with Crippen LogP contribution >= 0.6 is 39.9 Å². The first-order valence-corrected chi connectivity index (χ1v) is 7.14. The molecular weight excluding hydrogens is 422 g/mol. The van der Waals surface area contributed by atoms with E-state index < -0.39 is 12.4 Å². The summed E-state index contributed by atoms with van der Waals surface area (Å²) < 4.78 is 40.4. The van der Waals surface area contributed by atoms with Gasteiger partial charge in [0.15, 0.2) is 0 Å². The van der Waals surface area contributed by atoms with E-state index in [1.807, 2.05) is 0 Å². The normalized spacial score (nSPS) is 12.4. The number of rotatable bonds is 3. The van der Waals surface area contributed by atoms with Crippen molar-refractivity contribution in [2.45, 2.75) is 12.4 Å². The van der Waals surface area contributed by atoms with Crippen molar-refractivity contribution in [1.29, 1.82) is 0 Å². The van der Waals surface area contributed by atoms with Gasteiger partial charge < -0.3 is 15.6 Å². The van der Waals surface area contributed by atoms with Crippen molar-refractivity contribution in [3.05, 3.63) is 57.0 Å². The molecule has 3 nitrogen and oxygen atoms in total. The SMILES string of the molecule is Cl.N[C@H](c1ccc(OC(F)(F)F)cc1)c1ccc(Cl)c(Br)c1O. The lowest BCUT2D eigenvalue weighted by molar-refractivity contribution is -0.274. The average Bonchev–Trinajstić information content (AvgIpc) is 2.43. The molecule has 9 heteroatoms. The number of aromatic hydroxyl groups is 1. The maximum Gasteiger partial charge on any atom is 0.573 e. The van der Waals surface area contributed by atoms with Gasteiger partial charge in [-0.2, -0.15) is 0 Å². The molecule has 0 aliphatic rings. The summed E-state index contributed by atoms with van der Waals surface area (Å²) in [6, 6.07) is 7.49. The number of hydrogen-bond acceptors (Lipinski definition) is 3. The van der Waals surface area contributed by atoms with E-state index in [1.54, 1.807) is 12.1 Å². The van der Waals surface area contributed by atoms with E-state index in [1.165, 1.54) is 12.1 Å². The summed E-state index contributed by atoms with van der Waals surface area (Å²) >= 11 is 8.98. The molecule has 0 amide bonds. The Bertz CT molecular complexity index is 681. The molecule has 2 aromatic carbocycles. The highest BCUT2D eigenvalue weighted by molar-refractivity contribution is 9.10. The van der Waals surface area contributed by atoms with E-state index in [0.29, 0.717) is 20.6 Å². The van der Waals surface area contributed by atoms with Crippen molar-refractivity contribution in [3.8, 4) is 11.5 Å². The molecule has 0 aromatic heterocycles. The van der Waals surface area contributed by atoms with Gasteiger partial charge in [-0.1, -0.05) is 29.8 Å². The van der Waals surface area contributed by atoms with E-state index in [-0.39, 0.29) is 23.9 Å².